The van der Waals surface area contributed by atoms with Crippen LogP contribution in [0.5, 0.6) is 0 Å². The summed E-state index contributed by atoms with van der Waals surface area (Å²) in [5.74, 6) is 5.32. The number of nitrogens with zero attached hydrogens (tertiary/aromatic N) is 1. The Balaban J connectivity index is 2.03. The lowest BCUT2D eigenvalue weighted by atomic mass is 10.1. The van der Waals surface area contributed by atoms with Crippen LogP contribution in [-0.4, -0.2) is 5.71 Å². The van der Waals surface area contributed by atoms with Gasteiger partial charge in [0.1, 0.15) is 0 Å². The van der Waals surface area contributed by atoms with Crippen molar-refractivity contribution in [2.24, 2.45) is 10.9 Å². The van der Waals surface area contributed by atoms with E-state index in [1.165, 1.54) is 9.79 Å². The molecule has 18 heavy (non-hydrogen) atoms. The molecule has 0 saturated heterocycles. The maximum Gasteiger partial charge on any atom is 0.0642 e. The molecular formula is C14H13N3S. The predicted molar refractivity (Wildman–Crippen MR) is 76.7 cm³/mol. The Bertz CT molecular complexity index is 635. The summed E-state index contributed by atoms with van der Waals surface area (Å²) < 4.78 is 0. The summed E-state index contributed by atoms with van der Waals surface area (Å²) in [6, 6.07) is 14.5. The summed E-state index contributed by atoms with van der Waals surface area (Å²) in [6.45, 7) is 1.91. The highest BCUT2D eigenvalue weighted by Crippen LogP contribution is 2.44. The average molecular weight is 255 g/mol. The standard InChI is InChI=1S/C14H13N3S/c1-9(17-15)10-6-7-14-12(8-10)16-11-4-2-3-5-13(11)18-14/h2-8,16H,15H2,1H3/b17-9+. The number of anilines is 2. The second-order valence-electron chi connectivity index (χ2n) is 4.15. The Hall–Kier alpha value is -1.94. The molecule has 0 spiro atoms. The molecule has 1 heterocycles. The summed E-state index contributed by atoms with van der Waals surface area (Å²) in [4.78, 5) is 2.48. The highest BCUT2D eigenvalue weighted by molar-refractivity contribution is 7.99. The molecule has 1 aliphatic rings. The van der Waals surface area contributed by atoms with Crippen LogP contribution in [0.1, 0.15) is 12.5 Å². The van der Waals surface area contributed by atoms with Gasteiger partial charge >= 0.3 is 0 Å². The van der Waals surface area contributed by atoms with Crippen LogP contribution < -0.4 is 11.2 Å². The minimum Gasteiger partial charge on any atom is -0.354 e. The summed E-state index contributed by atoms with van der Waals surface area (Å²) in [6.07, 6.45) is 0. The van der Waals surface area contributed by atoms with Crippen molar-refractivity contribution < 1.29 is 0 Å². The minimum atomic E-state index is 0.837. The van der Waals surface area contributed by atoms with Crippen LogP contribution in [0.25, 0.3) is 0 Å². The van der Waals surface area contributed by atoms with Crippen molar-refractivity contribution in [3.8, 4) is 0 Å². The van der Waals surface area contributed by atoms with Crippen LogP contribution in [0.4, 0.5) is 11.4 Å². The monoisotopic (exact) mass is 255 g/mol. The van der Waals surface area contributed by atoms with E-state index in [2.05, 4.69) is 40.8 Å². The van der Waals surface area contributed by atoms with Gasteiger partial charge in [0.05, 0.1) is 17.1 Å². The highest BCUT2D eigenvalue weighted by Gasteiger charge is 2.15. The Morgan fingerprint density at radius 3 is 2.72 bits per heavy atom. The van der Waals surface area contributed by atoms with E-state index in [9.17, 15) is 0 Å². The maximum absolute atomic E-state index is 5.32. The van der Waals surface area contributed by atoms with Crippen LogP contribution in [-0.2, 0) is 0 Å². The van der Waals surface area contributed by atoms with E-state index in [0.717, 1.165) is 22.6 Å². The van der Waals surface area contributed by atoms with E-state index in [1.54, 1.807) is 11.8 Å². The fraction of sp³-hybridized carbons (Fsp3) is 0.0714. The first-order valence-corrected chi connectivity index (χ1v) is 6.52. The number of benzene rings is 2. The number of nitrogens with two attached hydrogens (primary N) is 1. The topological polar surface area (TPSA) is 50.4 Å². The molecule has 2 aromatic carbocycles. The summed E-state index contributed by atoms with van der Waals surface area (Å²) in [7, 11) is 0. The van der Waals surface area contributed by atoms with E-state index in [4.69, 9.17) is 5.84 Å². The molecule has 3 rings (SSSR count). The van der Waals surface area contributed by atoms with Crippen LogP contribution in [0.2, 0.25) is 0 Å². The molecule has 4 heteroatoms. The third-order valence-corrected chi connectivity index (χ3v) is 4.12. The van der Waals surface area contributed by atoms with Gasteiger partial charge in [0, 0.05) is 9.79 Å². The fourth-order valence-electron chi connectivity index (χ4n) is 1.94. The van der Waals surface area contributed by atoms with Gasteiger partial charge < -0.3 is 11.2 Å². The van der Waals surface area contributed by atoms with E-state index in [1.807, 2.05) is 19.1 Å². The molecule has 2 aromatic rings. The van der Waals surface area contributed by atoms with Crippen molar-refractivity contribution >= 4 is 28.8 Å². The second-order valence-corrected chi connectivity index (χ2v) is 5.23. The normalized spacial score (nSPS) is 13.5. The molecule has 0 aromatic heterocycles. The molecule has 0 saturated carbocycles. The van der Waals surface area contributed by atoms with Gasteiger partial charge in [0.15, 0.2) is 0 Å². The SMILES string of the molecule is C/C(=N\N)c1ccc2c(c1)Nc1ccccc1S2. The molecule has 0 bridgehead atoms. The lowest BCUT2D eigenvalue weighted by Crippen LogP contribution is -2.03. The zero-order valence-corrected chi connectivity index (χ0v) is 10.8. The maximum atomic E-state index is 5.32. The van der Waals surface area contributed by atoms with E-state index in [-0.39, 0.29) is 0 Å². The molecule has 1 aliphatic heterocycles. The molecule has 0 atom stereocenters. The number of nitrogens with one attached hydrogen (secondary N) is 1. The Morgan fingerprint density at radius 2 is 1.89 bits per heavy atom. The average Bonchev–Trinajstić information content (AvgIpc) is 2.43. The lowest BCUT2D eigenvalue weighted by molar-refractivity contribution is 1.23. The molecule has 0 amide bonds. The van der Waals surface area contributed by atoms with Crippen molar-refractivity contribution in [3.05, 3.63) is 48.0 Å². The first-order valence-electron chi connectivity index (χ1n) is 5.71. The van der Waals surface area contributed by atoms with Crippen LogP contribution in [0.15, 0.2) is 57.4 Å². The first-order chi connectivity index (χ1) is 8.78. The van der Waals surface area contributed by atoms with Gasteiger partial charge in [0.2, 0.25) is 0 Å². The number of rotatable bonds is 1. The van der Waals surface area contributed by atoms with Crippen molar-refractivity contribution in [3.63, 3.8) is 0 Å². The number of hydrogen-bond donors (Lipinski definition) is 2. The van der Waals surface area contributed by atoms with Crippen molar-refractivity contribution in [2.75, 3.05) is 5.32 Å². The summed E-state index contributed by atoms with van der Waals surface area (Å²) in [5, 5.41) is 7.18. The fourth-order valence-corrected chi connectivity index (χ4v) is 2.91. The van der Waals surface area contributed by atoms with Crippen LogP contribution in [0.3, 0.4) is 0 Å². The number of fused-ring (bicyclic) bond motifs is 2. The third-order valence-electron chi connectivity index (χ3n) is 2.97. The van der Waals surface area contributed by atoms with Gasteiger partial charge in [-0.15, -0.1) is 0 Å². The zero-order chi connectivity index (χ0) is 12.5. The smallest absolute Gasteiger partial charge is 0.0642 e. The zero-order valence-electron chi connectivity index (χ0n) is 9.97. The van der Waals surface area contributed by atoms with Crippen LogP contribution in [0, 0.1) is 0 Å². The first kappa shape index (κ1) is 11.2. The van der Waals surface area contributed by atoms with Gasteiger partial charge in [-0.2, -0.15) is 5.10 Å². The Labute approximate surface area is 110 Å². The van der Waals surface area contributed by atoms with Crippen molar-refractivity contribution in [1.29, 1.82) is 0 Å². The lowest BCUT2D eigenvalue weighted by Gasteiger charge is -2.21. The van der Waals surface area contributed by atoms with Gasteiger partial charge in [-0.1, -0.05) is 30.0 Å². The Kier molecular flexibility index (Phi) is 2.72. The number of para-hydroxylation sites is 1. The molecule has 3 nitrogen and oxygen atoms in total. The van der Waals surface area contributed by atoms with Gasteiger partial charge in [-0.3, -0.25) is 0 Å². The minimum absolute atomic E-state index is 0.837. The molecule has 0 aliphatic carbocycles. The second kappa shape index (κ2) is 4.38. The van der Waals surface area contributed by atoms with Gasteiger partial charge in [0.25, 0.3) is 0 Å². The molecule has 90 valence electrons. The van der Waals surface area contributed by atoms with Gasteiger partial charge in [-0.25, -0.2) is 0 Å². The largest absolute Gasteiger partial charge is 0.354 e. The summed E-state index contributed by atoms with van der Waals surface area (Å²) >= 11 is 1.78. The van der Waals surface area contributed by atoms with E-state index in [0.29, 0.717) is 0 Å². The van der Waals surface area contributed by atoms with Gasteiger partial charge in [-0.05, 0) is 36.8 Å². The molecule has 0 unspecified atom stereocenters. The van der Waals surface area contributed by atoms with E-state index >= 15 is 0 Å². The number of hydrogen-bond acceptors (Lipinski definition) is 4. The highest BCUT2D eigenvalue weighted by atomic mass is 32.2. The molecule has 0 fully saturated rings. The van der Waals surface area contributed by atoms with Crippen LogP contribution >= 0.6 is 11.8 Å². The van der Waals surface area contributed by atoms with Crippen molar-refractivity contribution in [2.45, 2.75) is 16.7 Å². The van der Waals surface area contributed by atoms with E-state index < -0.39 is 0 Å². The van der Waals surface area contributed by atoms with Crippen molar-refractivity contribution in [1.82, 2.24) is 0 Å². The molecular weight excluding hydrogens is 242 g/mol. The summed E-state index contributed by atoms with van der Waals surface area (Å²) in [5.41, 5.74) is 4.14. The quantitative estimate of drug-likeness (QED) is 0.397. The predicted octanol–water partition coefficient (Wildman–Crippen LogP) is 3.58. The third kappa shape index (κ3) is 1.84. The number of hydrazone groups is 1. The Morgan fingerprint density at radius 1 is 1.11 bits per heavy atom. The molecule has 3 N–H and O–H groups in total. The molecule has 0 radical (unpaired) electrons.